The van der Waals surface area contributed by atoms with E-state index in [0.29, 0.717) is 12.8 Å². The van der Waals surface area contributed by atoms with Crippen molar-refractivity contribution in [3.05, 3.63) is 17.9 Å². The third-order valence-electron chi connectivity index (χ3n) is 3.79. The van der Waals surface area contributed by atoms with Gasteiger partial charge in [-0.05, 0) is 37.8 Å². The molecule has 2 N–H and O–H groups in total. The van der Waals surface area contributed by atoms with Crippen molar-refractivity contribution in [1.82, 2.24) is 9.62 Å². The fourth-order valence-corrected chi connectivity index (χ4v) is 4.08. The second-order valence-electron chi connectivity index (χ2n) is 5.48. The van der Waals surface area contributed by atoms with Crippen LogP contribution in [0.25, 0.3) is 0 Å². The normalized spacial score (nSPS) is 22.6. The fourth-order valence-electron chi connectivity index (χ4n) is 2.50. The van der Waals surface area contributed by atoms with E-state index in [0.717, 1.165) is 29.3 Å². The summed E-state index contributed by atoms with van der Waals surface area (Å²) in [6.07, 6.45) is 2.87. The van der Waals surface area contributed by atoms with Crippen LogP contribution in [0, 0.1) is 0 Å². The molecule has 1 aromatic heterocycles. The average Bonchev–Trinajstić information content (AvgIpc) is 3.00. The summed E-state index contributed by atoms with van der Waals surface area (Å²) in [6, 6.07) is 1.58. The maximum atomic E-state index is 12.5. The lowest BCUT2D eigenvalue weighted by atomic mass is 10.2. The first kappa shape index (κ1) is 15.0. The zero-order valence-corrected chi connectivity index (χ0v) is 12.5. The third-order valence-corrected chi connectivity index (χ3v) is 5.57. The maximum Gasteiger partial charge on any atom is 0.371 e. The zero-order chi connectivity index (χ0) is 15.9. The van der Waals surface area contributed by atoms with Crippen molar-refractivity contribution in [2.24, 2.45) is 0 Å². The molecule has 120 valence electrons. The van der Waals surface area contributed by atoms with Crippen molar-refractivity contribution in [3.8, 4) is 0 Å². The minimum atomic E-state index is -4.02. The molecular formula is C13H16N2O6S. The van der Waals surface area contributed by atoms with Crippen molar-refractivity contribution >= 4 is 21.9 Å². The summed E-state index contributed by atoms with van der Waals surface area (Å²) in [5, 5.41) is 11.2. The van der Waals surface area contributed by atoms with Gasteiger partial charge >= 0.3 is 5.97 Å². The monoisotopic (exact) mass is 328 g/mol. The summed E-state index contributed by atoms with van der Waals surface area (Å²) >= 11 is 0. The van der Waals surface area contributed by atoms with Crippen molar-refractivity contribution in [2.75, 3.05) is 6.54 Å². The first-order valence-corrected chi connectivity index (χ1v) is 8.49. The predicted octanol–water partition coefficient (Wildman–Crippen LogP) is 0.410. The summed E-state index contributed by atoms with van der Waals surface area (Å²) in [5.41, 5.74) is 0. The van der Waals surface area contributed by atoms with Crippen LogP contribution in [0.3, 0.4) is 0 Å². The molecule has 1 unspecified atom stereocenters. The Hall–Kier alpha value is -1.87. The molecule has 1 aromatic rings. The van der Waals surface area contributed by atoms with Gasteiger partial charge in [0.1, 0.15) is 6.04 Å². The Morgan fingerprint density at radius 1 is 1.27 bits per heavy atom. The van der Waals surface area contributed by atoms with Crippen LogP contribution in [0.2, 0.25) is 0 Å². The van der Waals surface area contributed by atoms with Gasteiger partial charge in [0.25, 0.3) is 10.0 Å². The Kier molecular flexibility index (Phi) is 3.69. The first-order chi connectivity index (χ1) is 10.4. The van der Waals surface area contributed by atoms with Crippen LogP contribution >= 0.6 is 0 Å². The molecule has 0 bridgehead atoms. The molecule has 1 saturated heterocycles. The number of carboxylic acid groups (broad SMARTS) is 1. The highest BCUT2D eigenvalue weighted by molar-refractivity contribution is 7.89. The molecule has 0 spiro atoms. The predicted molar refractivity (Wildman–Crippen MR) is 73.7 cm³/mol. The van der Waals surface area contributed by atoms with Crippen molar-refractivity contribution < 1.29 is 27.5 Å². The number of amides is 1. The molecule has 2 aliphatic rings. The SMILES string of the molecule is O=C(O)c1ccc(S(=O)(=O)N2CCCC2C(=O)NC2CC2)o1. The highest BCUT2D eigenvalue weighted by atomic mass is 32.2. The van der Waals surface area contributed by atoms with Crippen LogP contribution in [0.15, 0.2) is 21.6 Å². The molecule has 1 saturated carbocycles. The maximum absolute atomic E-state index is 12.5. The number of aromatic carboxylic acids is 1. The van der Waals surface area contributed by atoms with Gasteiger partial charge in [0.15, 0.2) is 0 Å². The molecule has 0 aromatic carbocycles. The van der Waals surface area contributed by atoms with Gasteiger partial charge in [-0.2, -0.15) is 4.31 Å². The number of sulfonamides is 1. The molecule has 1 aliphatic heterocycles. The summed E-state index contributed by atoms with van der Waals surface area (Å²) < 4.78 is 31.1. The summed E-state index contributed by atoms with van der Waals surface area (Å²) in [6.45, 7) is 0.216. The smallest absolute Gasteiger partial charge is 0.371 e. The van der Waals surface area contributed by atoms with Gasteiger partial charge in [0, 0.05) is 12.6 Å². The van der Waals surface area contributed by atoms with Crippen LogP contribution in [-0.2, 0) is 14.8 Å². The molecule has 0 radical (unpaired) electrons. The second kappa shape index (κ2) is 5.40. The Labute approximate surface area is 127 Å². The Morgan fingerprint density at radius 3 is 2.59 bits per heavy atom. The number of nitrogens with zero attached hydrogens (tertiary/aromatic N) is 1. The van der Waals surface area contributed by atoms with E-state index < -0.39 is 32.9 Å². The second-order valence-corrected chi connectivity index (χ2v) is 7.30. The van der Waals surface area contributed by atoms with Gasteiger partial charge in [-0.25, -0.2) is 13.2 Å². The molecule has 1 atom stereocenters. The highest BCUT2D eigenvalue weighted by Crippen LogP contribution is 2.28. The highest BCUT2D eigenvalue weighted by Gasteiger charge is 2.42. The van der Waals surface area contributed by atoms with E-state index in [1.807, 2.05) is 0 Å². The van der Waals surface area contributed by atoms with E-state index in [2.05, 4.69) is 5.32 Å². The van der Waals surface area contributed by atoms with Crippen LogP contribution in [0.1, 0.15) is 36.2 Å². The average molecular weight is 328 g/mol. The lowest BCUT2D eigenvalue weighted by Crippen LogP contribution is -2.46. The quantitative estimate of drug-likeness (QED) is 0.808. The van der Waals surface area contributed by atoms with E-state index in [9.17, 15) is 18.0 Å². The van der Waals surface area contributed by atoms with E-state index >= 15 is 0 Å². The van der Waals surface area contributed by atoms with Gasteiger partial charge in [-0.1, -0.05) is 0 Å². The minimum absolute atomic E-state index is 0.153. The van der Waals surface area contributed by atoms with Crippen LogP contribution in [0.5, 0.6) is 0 Å². The number of furan rings is 1. The van der Waals surface area contributed by atoms with Crippen molar-refractivity contribution in [3.63, 3.8) is 0 Å². The summed E-state index contributed by atoms with van der Waals surface area (Å²) in [5.74, 6) is -2.09. The number of hydrogen-bond donors (Lipinski definition) is 2. The number of nitrogens with one attached hydrogen (secondary N) is 1. The fraction of sp³-hybridized carbons (Fsp3) is 0.538. The van der Waals surface area contributed by atoms with Crippen molar-refractivity contribution in [2.45, 2.75) is 42.9 Å². The Balaban J connectivity index is 1.82. The van der Waals surface area contributed by atoms with Crippen LogP contribution < -0.4 is 5.32 Å². The molecular weight excluding hydrogens is 312 g/mol. The van der Waals surface area contributed by atoms with Gasteiger partial charge < -0.3 is 14.8 Å². The Morgan fingerprint density at radius 2 is 2.00 bits per heavy atom. The third kappa shape index (κ3) is 2.73. The lowest BCUT2D eigenvalue weighted by Gasteiger charge is -2.22. The van der Waals surface area contributed by atoms with Gasteiger partial charge in [-0.15, -0.1) is 0 Å². The van der Waals surface area contributed by atoms with Gasteiger partial charge in [-0.3, -0.25) is 4.79 Å². The first-order valence-electron chi connectivity index (χ1n) is 7.05. The minimum Gasteiger partial charge on any atom is -0.475 e. The molecule has 3 rings (SSSR count). The standard InChI is InChI=1S/C13H16N2O6S/c16-12(14-8-3-4-8)9-2-1-7-15(9)22(19,20)11-6-5-10(21-11)13(17)18/h5-6,8-9H,1-4,7H2,(H,14,16)(H,17,18). The molecule has 2 fully saturated rings. The van der Waals surface area contributed by atoms with E-state index in [1.54, 1.807) is 0 Å². The lowest BCUT2D eigenvalue weighted by molar-refractivity contribution is -0.124. The molecule has 1 amide bonds. The zero-order valence-electron chi connectivity index (χ0n) is 11.7. The van der Waals surface area contributed by atoms with Gasteiger partial charge in [0.05, 0.1) is 0 Å². The van der Waals surface area contributed by atoms with E-state index in [4.69, 9.17) is 9.52 Å². The molecule has 9 heteroatoms. The molecule has 8 nitrogen and oxygen atoms in total. The van der Waals surface area contributed by atoms with Crippen molar-refractivity contribution in [1.29, 1.82) is 0 Å². The van der Waals surface area contributed by atoms with Crippen LogP contribution in [-0.4, -0.2) is 48.3 Å². The summed E-state index contributed by atoms with van der Waals surface area (Å²) in [7, 11) is -4.02. The molecule has 1 aliphatic carbocycles. The molecule has 2 heterocycles. The Bertz CT molecular complexity index is 706. The number of carbonyl (C=O) groups excluding carboxylic acids is 1. The topological polar surface area (TPSA) is 117 Å². The number of carbonyl (C=O) groups is 2. The largest absolute Gasteiger partial charge is 0.475 e. The number of rotatable bonds is 5. The number of hydrogen-bond acceptors (Lipinski definition) is 5. The molecule has 22 heavy (non-hydrogen) atoms. The van der Waals surface area contributed by atoms with Crippen LogP contribution in [0.4, 0.5) is 0 Å². The summed E-state index contributed by atoms with van der Waals surface area (Å²) in [4.78, 5) is 23.0. The van der Waals surface area contributed by atoms with Gasteiger partial charge in [0.2, 0.25) is 16.8 Å². The van der Waals surface area contributed by atoms with E-state index in [1.165, 1.54) is 0 Å². The van der Waals surface area contributed by atoms with E-state index in [-0.39, 0.29) is 18.5 Å². The number of carboxylic acids is 1.